The Morgan fingerprint density at radius 1 is 1.00 bits per heavy atom. The molecule has 0 aliphatic heterocycles. The van der Waals surface area contributed by atoms with Crippen LogP contribution in [0.1, 0.15) is 30.3 Å². The molecule has 0 atom stereocenters. The van der Waals surface area contributed by atoms with Crippen LogP contribution in [0, 0.1) is 6.92 Å². The number of nitrogens with two attached hydrogens (primary N) is 1. The number of nitrogen functional groups attached to an aromatic ring is 1. The van der Waals surface area contributed by atoms with Crippen molar-refractivity contribution in [2.45, 2.75) is 33.2 Å². The minimum atomic E-state index is -0.265. The first-order chi connectivity index (χ1) is 14.0. The maximum atomic E-state index is 12.3. The molecule has 0 radical (unpaired) electrons. The van der Waals surface area contributed by atoms with Crippen molar-refractivity contribution in [3.05, 3.63) is 76.0 Å². The highest BCUT2D eigenvalue weighted by molar-refractivity contribution is 5.81. The highest BCUT2D eigenvalue weighted by atomic mass is 16.5. The van der Waals surface area contributed by atoms with Crippen molar-refractivity contribution in [2.24, 2.45) is 0 Å². The molecule has 2 aromatic carbocycles. The summed E-state index contributed by atoms with van der Waals surface area (Å²) in [7, 11) is 0. The van der Waals surface area contributed by atoms with Crippen molar-refractivity contribution in [3.8, 4) is 11.5 Å². The van der Waals surface area contributed by atoms with Crippen LogP contribution < -0.4 is 16.2 Å². The lowest BCUT2D eigenvalue weighted by Crippen LogP contribution is -2.17. The number of aromatic nitrogens is 4. The van der Waals surface area contributed by atoms with Crippen molar-refractivity contribution in [2.75, 3.05) is 5.73 Å². The summed E-state index contributed by atoms with van der Waals surface area (Å²) in [6.45, 7) is 4.29. The third-order valence-corrected chi connectivity index (χ3v) is 4.72. The van der Waals surface area contributed by atoms with Gasteiger partial charge in [-0.25, -0.2) is 14.8 Å². The maximum Gasteiger partial charge on any atom is 0.328 e. The molecule has 0 aliphatic carbocycles. The molecule has 0 saturated carbocycles. The lowest BCUT2D eigenvalue weighted by molar-refractivity contribution is 0.482. The monoisotopic (exact) mass is 389 g/mol. The molecule has 4 rings (SSSR count). The molecule has 4 aromatic rings. The first-order valence-electron chi connectivity index (χ1n) is 9.62. The highest BCUT2D eigenvalue weighted by Gasteiger charge is 2.13. The number of hydrogen-bond acceptors (Lipinski definition) is 5. The van der Waals surface area contributed by atoms with E-state index in [-0.39, 0.29) is 11.5 Å². The maximum absolute atomic E-state index is 12.3. The summed E-state index contributed by atoms with van der Waals surface area (Å²) in [6, 6.07) is 15.8. The highest BCUT2D eigenvalue weighted by Crippen LogP contribution is 2.23. The average Bonchev–Trinajstić information content (AvgIpc) is 3.01. The Bertz CT molecular complexity index is 1190. The largest absolute Gasteiger partial charge is 0.457 e. The zero-order valence-electron chi connectivity index (χ0n) is 16.5. The van der Waals surface area contributed by atoms with E-state index in [0.29, 0.717) is 23.5 Å². The molecule has 7 heteroatoms. The molecule has 0 unspecified atom stereocenters. The second-order valence-electron chi connectivity index (χ2n) is 7.01. The number of fused-ring (bicyclic) bond motifs is 1. The number of aryl methyl sites for hydroxylation is 2. The number of nitrogens with zero attached hydrogens (tertiary/aromatic N) is 3. The summed E-state index contributed by atoms with van der Waals surface area (Å²) in [4.78, 5) is 23.5. The van der Waals surface area contributed by atoms with Gasteiger partial charge < -0.3 is 15.5 Å². The van der Waals surface area contributed by atoms with E-state index in [1.54, 1.807) is 11.5 Å². The number of hydrogen-bond donors (Lipinski definition) is 2. The zero-order chi connectivity index (χ0) is 20.4. The Labute approximate surface area is 168 Å². The minimum absolute atomic E-state index is 0.265. The van der Waals surface area contributed by atoms with Crippen LogP contribution in [0.2, 0.25) is 0 Å². The number of H-pyrrole nitrogens is 1. The van der Waals surface area contributed by atoms with E-state index in [1.165, 1.54) is 5.56 Å². The summed E-state index contributed by atoms with van der Waals surface area (Å²) >= 11 is 0. The second kappa shape index (κ2) is 7.79. The number of benzene rings is 2. The number of aromatic amines is 1. The van der Waals surface area contributed by atoms with E-state index in [0.717, 1.165) is 29.9 Å². The van der Waals surface area contributed by atoms with Crippen LogP contribution in [0.15, 0.2) is 53.3 Å². The topological polar surface area (TPSA) is 98.8 Å². The fourth-order valence-electron chi connectivity index (χ4n) is 3.31. The number of imidazole rings is 1. The predicted molar refractivity (Wildman–Crippen MR) is 113 cm³/mol. The third kappa shape index (κ3) is 3.99. The lowest BCUT2D eigenvalue weighted by atomic mass is 10.1. The van der Waals surface area contributed by atoms with Gasteiger partial charge in [-0.1, -0.05) is 37.6 Å². The Morgan fingerprint density at radius 3 is 2.24 bits per heavy atom. The number of anilines is 1. The van der Waals surface area contributed by atoms with Gasteiger partial charge in [-0.15, -0.1) is 0 Å². The van der Waals surface area contributed by atoms with Crippen LogP contribution in [0.3, 0.4) is 0 Å². The summed E-state index contributed by atoms with van der Waals surface area (Å²) < 4.78 is 7.47. The standard InChI is InChI=1S/C22H23N5O2/c1-3-4-15-5-9-17(10-6-15)29-18-11-7-16(8-12-18)13-27-21-19(26-22(27)28)20(23)24-14(2)25-21/h5-12H,3-4,13H2,1-2H3,(H,26,28)(H2,23,24,25). The number of rotatable bonds is 6. The van der Waals surface area contributed by atoms with Crippen molar-refractivity contribution in [3.63, 3.8) is 0 Å². The van der Waals surface area contributed by atoms with Gasteiger partial charge in [0.05, 0.1) is 6.54 Å². The fraction of sp³-hybridized carbons (Fsp3) is 0.227. The molecule has 3 N–H and O–H groups in total. The van der Waals surface area contributed by atoms with Crippen molar-refractivity contribution in [1.29, 1.82) is 0 Å². The van der Waals surface area contributed by atoms with Crippen LogP contribution in [0.25, 0.3) is 11.2 Å². The molecule has 0 amide bonds. The second-order valence-corrected chi connectivity index (χ2v) is 7.01. The van der Waals surface area contributed by atoms with Gasteiger partial charge in [0.25, 0.3) is 0 Å². The molecule has 0 fully saturated rings. The Kier molecular flexibility index (Phi) is 5.03. The molecule has 0 aliphatic rings. The number of nitrogens with one attached hydrogen (secondary N) is 1. The Balaban J connectivity index is 1.52. The van der Waals surface area contributed by atoms with Gasteiger partial charge in [0.15, 0.2) is 11.5 Å². The molecule has 0 bridgehead atoms. The minimum Gasteiger partial charge on any atom is -0.457 e. The molecule has 29 heavy (non-hydrogen) atoms. The number of ether oxygens (including phenoxy) is 1. The molecule has 0 saturated heterocycles. The van der Waals surface area contributed by atoms with Crippen molar-refractivity contribution < 1.29 is 4.74 Å². The lowest BCUT2D eigenvalue weighted by Gasteiger charge is -2.08. The fourth-order valence-corrected chi connectivity index (χ4v) is 3.31. The molecule has 2 heterocycles. The molecule has 2 aromatic heterocycles. The normalized spacial score (nSPS) is 11.1. The van der Waals surface area contributed by atoms with Crippen LogP contribution in [-0.4, -0.2) is 19.5 Å². The van der Waals surface area contributed by atoms with Gasteiger partial charge in [-0.3, -0.25) is 4.57 Å². The third-order valence-electron chi connectivity index (χ3n) is 4.72. The van der Waals surface area contributed by atoms with E-state index >= 15 is 0 Å². The van der Waals surface area contributed by atoms with E-state index in [1.807, 2.05) is 36.4 Å². The van der Waals surface area contributed by atoms with Gasteiger partial charge in [0.2, 0.25) is 0 Å². The van der Waals surface area contributed by atoms with Crippen LogP contribution >= 0.6 is 0 Å². The van der Waals surface area contributed by atoms with E-state index in [4.69, 9.17) is 10.5 Å². The molecular formula is C22H23N5O2. The van der Waals surface area contributed by atoms with Gasteiger partial charge in [-0.05, 0) is 48.7 Å². The van der Waals surface area contributed by atoms with Crippen LogP contribution in [0.4, 0.5) is 5.82 Å². The predicted octanol–water partition coefficient (Wildman–Crippen LogP) is 3.80. The Morgan fingerprint density at radius 2 is 1.62 bits per heavy atom. The van der Waals surface area contributed by atoms with E-state index < -0.39 is 0 Å². The molecule has 148 valence electrons. The van der Waals surface area contributed by atoms with E-state index in [9.17, 15) is 4.79 Å². The summed E-state index contributed by atoms with van der Waals surface area (Å²) in [6.07, 6.45) is 2.19. The first-order valence-corrected chi connectivity index (χ1v) is 9.62. The Hall–Kier alpha value is -3.61. The van der Waals surface area contributed by atoms with Crippen molar-refractivity contribution >= 4 is 17.0 Å². The average molecular weight is 389 g/mol. The van der Waals surface area contributed by atoms with Gasteiger partial charge in [0.1, 0.15) is 22.8 Å². The first kappa shape index (κ1) is 18.7. The van der Waals surface area contributed by atoms with Crippen LogP contribution in [0.5, 0.6) is 11.5 Å². The smallest absolute Gasteiger partial charge is 0.328 e. The van der Waals surface area contributed by atoms with Crippen molar-refractivity contribution in [1.82, 2.24) is 19.5 Å². The van der Waals surface area contributed by atoms with Gasteiger partial charge in [-0.2, -0.15) is 0 Å². The van der Waals surface area contributed by atoms with E-state index in [2.05, 4.69) is 34.0 Å². The molecular weight excluding hydrogens is 366 g/mol. The SMILES string of the molecule is CCCc1ccc(Oc2ccc(Cn3c(=O)[nH]c4c(N)nc(C)nc43)cc2)cc1. The van der Waals surface area contributed by atoms with Gasteiger partial charge >= 0.3 is 5.69 Å². The van der Waals surface area contributed by atoms with Crippen LogP contribution in [-0.2, 0) is 13.0 Å². The quantitative estimate of drug-likeness (QED) is 0.522. The summed E-state index contributed by atoms with van der Waals surface area (Å²) in [5.41, 5.74) is 8.86. The molecule has 0 spiro atoms. The summed E-state index contributed by atoms with van der Waals surface area (Å²) in [5, 5.41) is 0. The van der Waals surface area contributed by atoms with Gasteiger partial charge in [0, 0.05) is 0 Å². The zero-order valence-corrected chi connectivity index (χ0v) is 16.5. The molecule has 7 nitrogen and oxygen atoms in total. The summed E-state index contributed by atoms with van der Waals surface area (Å²) in [5.74, 6) is 2.34.